The third kappa shape index (κ3) is 15.5. The predicted molar refractivity (Wildman–Crippen MR) is 287 cm³/mol. The zero-order valence-electron chi connectivity index (χ0n) is 44.8. The first-order chi connectivity index (χ1) is 31.2. The molecule has 0 aliphatic rings. The van der Waals surface area contributed by atoms with Crippen LogP contribution in [-0.2, 0) is 37.5 Å². The Morgan fingerprint density at radius 2 is 0.971 bits per heavy atom. The maximum atomic E-state index is 12.5. The summed E-state index contributed by atoms with van der Waals surface area (Å²) < 4.78 is 24.2. The number of nitrogens with zero attached hydrogens (tertiary/aromatic N) is 2. The molecule has 0 saturated heterocycles. The SMILES string of the molecule is C=CC(C)(C(=O)O)C(C)(C)O[Si](C)(C)C(C)(C)C.CC(=O)O[C@H](C)c1ccc2ccc(/C=C/C(C)(C(=O)O)C(C)(C)O[Si](C)(C)C(C)(C)C)cc2n1.CC(=O)O[C@H](C)c1ccc2ccc(Br)cc2n1. The van der Waals surface area contributed by atoms with Crippen LogP contribution in [0.3, 0.4) is 0 Å². The Bertz CT molecular complexity index is 2520. The van der Waals surface area contributed by atoms with Gasteiger partial charge >= 0.3 is 23.9 Å². The van der Waals surface area contributed by atoms with Gasteiger partial charge in [0.15, 0.2) is 16.6 Å². The Balaban J connectivity index is 0.000000392. The van der Waals surface area contributed by atoms with Crippen molar-refractivity contribution >= 4 is 84.3 Å². The fourth-order valence-electron chi connectivity index (χ4n) is 6.61. The van der Waals surface area contributed by atoms with E-state index in [1.807, 2.05) is 101 Å². The summed E-state index contributed by atoms with van der Waals surface area (Å²) in [5.41, 5.74) is -0.201. The molecule has 2 aromatic heterocycles. The van der Waals surface area contributed by atoms with Crippen molar-refractivity contribution in [1.29, 1.82) is 0 Å². The molecule has 4 aromatic rings. The van der Waals surface area contributed by atoms with Gasteiger partial charge in [-0.05, 0) is 128 Å². The third-order valence-corrected chi connectivity index (χ3v) is 23.7. The van der Waals surface area contributed by atoms with E-state index in [0.29, 0.717) is 5.69 Å². The highest BCUT2D eigenvalue weighted by Gasteiger charge is 2.53. The van der Waals surface area contributed by atoms with Gasteiger partial charge in [-0.25, -0.2) is 9.97 Å². The van der Waals surface area contributed by atoms with Crippen molar-refractivity contribution in [2.24, 2.45) is 10.8 Å². The van der Waals surface area contributed by atoms with Crippen molar-refractivity contribution < 1.29 is 47.7 Å². The fraction of sp³-hybridized carbons (Fsp3) is 0.519. The molecular weight excluding hydrogens is 973 g/mol. The number of halogens is 1. The Hall–Kier alpha value is -4.55. The molecule has 15 heteroatoms. The fourth-order valence-corrected chi connectivity index (χ4v) is 10.5. The minimum Gasteiger partial charge on any atom is -0.481 e. The number of aromatic nitrogens is 2. The molecule has 0 aliphatic heterocycles. The molecule has 0 radical (unpaired) electrons. The lowest BCUT2D eigenvalue weighted by Crippen LogP contribution is -2.56. The molecule has 2 N–H and O–H groups in total. The Morgan fingerprint density at radius 1 is 0.609 bits per heavy atom. The Labute approximate surface area is 422 Å². The van der Waals surface area contributed by atoms with E-state index in [2.05, 4.69) is 100 Å². The number of ether oxygens (including phenoxy) is 2. The van der Waals surface area contributed by atoms with Crippen LogP contribution in [0.4, 0.5) is 0 Å². The second kappa shape index (κ2) is 22.7. The van der Waals surface area contributed by atoms with Crippen LogP contribution >= 0.6 is 15.9 Å². The summed E-state index contributed by atoms with van der Waals surface area (Å²) in [4.78, 5) is 55.3. The van der Waals surface area contributed by atoms with E-state index in [1.54, 1.807) is 26.8 Å². The average molecular weight is 1050 g/mol. The van der Waals surface area contributed by atoms with E-state index in [4.69, 9.17) is 18.3 Å². The maximum absolute atomic E-state index is 12.5. The lowest BCUT2D eigenvalue weighted by Gasteiger charge is -2.48. The molecule has 69 heavy (non-hydrogen) atoms. The van der Waals surface area contributed by atoms with Crippen molar-refractivity contribution in [1.82, 2.24) is 9.97 Å². The van der Waals surface area contributed by atoms with Gasteiger partial charge in [0.05, 0.1) is 33.6 Å². The Kier molecular flexibility index (Phi) is 19.9. The minimum atomic E-state index is -2.21. The van der Waals surface area contributed by atoms with Crippen molar-refractivity contribution in [3.05, 3.63) is 101 Å². The minimum absolute atomic E-state index is 0.0433. The maximum Gasteiger partial charge on any atom is 0.316 e. The van der Waals surface area contributed by atoms with Gasteiger partial charge in [0.1, 0.15) is 23.0 Å². The van der Waals surface area contributed by atoms with Gasteiger partial charge in [0.25, 0.3) is 0 Å². The first-order valence-electron chi connectivity index (χ1n) is 23.2. The summed E-state index contributed by atoms with van der Waals surface area (Å²) in [5, 5.41) is 21.7. The van der Waals surface area contributed by atoms with Gasteiger partial charge in [0.2, 0.25) is 0 Å². The molecule has 12 nitrogen and oxygen atoms in total. The van der Waals surface area contributed by atoms with Crippen LogP contribution < -0.4 is 0 Å². The number of hydrogen-bond donors (Lipinski definition) is 2. The first kappa shape index (κ1) is 60.6. The molecule has 2 heterocycles. The van der Waals surface area contributed by atoms with Crippen LogP contribution in [-0.4, -0.2) is 71.9 Å². The highest BCUT2D eigenvalue weighted by Crippen LogP contribution is 2.46. The second-order valence-electron chi connectivity index (χ2n) is 22.1. The zero-order chi connectivity index (χ0) is 53.5. The molecule has 2 aromatic carbocycles. The van der Waals surface area contributed by atoms with Crippen molar-refractivity contribution in [3.63, 3.8) is 0 Å². The number of carboxylic acid groups (broad SMARTS) is 2. The van der Waals surface area contributed by atoms with Gasteiger partial charge in [-0.3, -0.25) is 19.2 Å². The number of aliphatic carboxylic acids is 2. The number of carboxylic acids is 2. The highest BCUT2D eigenvalue weighted by molar-refractivity contribution is 9.10. The summed E-state index contributed by atoms with van der Waals surface area (Å²) in [6.45, 7) is 42.1. The largest absolute Gasteiger partial charge is 0.481 e. The lowest BCUT2D eigenvalue weighted by molar-refractivity contribution is -0.156. The van der Waals surface area contributed by atoms with Gasteiger partial charge in [-0.2, -0.15) is 0 Å². The Morgan fingerprint density at radius 3 is 1.33 bits per heavy atom. The number of fused-ring (bicyclic) bond motifs is 2. The van der Waals surface area contributed by atoms with Crippen LogP contribution in [0.5, 0.6) is 0 Å². The predicted octanol–water partition coefficient (Wildman–Crippen LogP) is 14.4. The second-order valence-corrected chi connectivity index (χ2v) is 32.4. The summed E-state index contributed by atoms with van der Waals surface area (Å²) in [5.74, 6) is -2.50. The molecule has 0 saturated carbocycles. The van der Waals surface area contributed by atoms with Crippen LogP contribution in [0, 0.1) is 10.8 Å². The summed E-state index contributed by atoms with van der Waals surface area (Å²) in [6.07, 6.45) is 4.23. The number of pyridine rings is 2. The number of hydrogen-bond acceptors (Lipinski definition) is 10. The van der Waals surface area contributed by atoms with Gasteiger partial charge in [-0.1, -0.05) is 106 Å². The third-order valence-electron chi connectivity index (χ3n) is 14.0. The molecule has 4 rings (SSSR count). The zero-order valence-corrected chi connectivity index (χ0v) is 48.4. The monoisotopic (exact) mass is 1050 g/mol. The van der Waals surface area contributed by atoms with Crippen LogP contribution in [0.25, 0.3) is 27.9 Å². The quantitative estimate of drug-likeness (QED) is 0.0657. The van der Waals surface area contributed by atoms with Gasteiger partial charge in [-0.15, -0.1) is 6.58 Å². The van der Waals surface area contributed by atoms with Crippen molar-refractivity contribution in [3.8, 4) is 0 Å². The molecule has 0 spiro atoms. The van der Waals surface area contributed by atoms with E-state index < -0.39 is 56.7 Å². The van der Waals surface area contributed by atoms with E-state index in [9.17, 15) is 29.4 Å². The number of carbonyl (C=O) groups excluding carboxylic acids is 2. The molecule has 0 aliphatic carbocycles. The van der Waals surface area contributed by atoms with Crippen LogP contribution in [0.15, 0.2) is 83.9 Å². The molecule has 380 valence electrons. The summed E-state index contributed by atoms with van der Waals surface area (Å²) in [7, 11) is -4.24. The number of esters is 2. The van der Waals surface area contributed by atoms with Crippen LogP contribution in [0.1, 0.15) is 140 Å². The first-order valence-corrected chi connectivity index (χ1v) is 29.8. The summed E-state index contributed by atoms with van der Waals surface area (Å²) >= 11 is 3.41. The standard InChI is InChI=1S/C27H39NO5Si.C14H28O3Si.C13H12BrNO2/c1-18(32-19(2)29)22-14-13-21-12-11-20(17-23(21)28-22)15-16-27(8,24(30)31)26(6,7)33-34(9,10)25(3,4)5;1-10-14(7,11(15)16)13(5,6)17-18(8,9)12(2,3)4;1-8(17-9(2)16)12-6-4-10-3-5-11(14)7-13(10)15-12/h11-18H,1-10H3,(H,30,31);10H,1H2,2-9H3,(H,15,16);3-8H,1-2H3/b16-15+;;/t18-,27?;;8-/m1.1/s1. The van der Waals surface area contributed by atoms with E-state index >= 15 is 0 Å². The average Bonchev–Trinajstić information content (AvgIpc) is 3.19. The van der Waals surface area contributed by atoms with E-state index in [0.717, 1.165) is 37.5 Å². The van der Waals surface area contributed by atoms with Crippen molar-refractivity contribution in [2.75, 3.05) is 0 Å². The van der Waals surface area contributed by atoms with Crippen molar-refractivity contribution in [2.45, 2.75) is 170 Å². The molecular formula is C54H79BrN2O10Si2. The highest BCUT2D eigenvalue weighted by atomic mass is 79.9. The molecule has 2 unspecified atom stereocenters. The number of benzene rings is 2. The van der Waals surface area contributed by atoms with Gasteiger partial charge in [0, 0.05) is 29.1 Å². The van der Waals surface area contributed by atoms with E-state index in [-0.39, 0.29) is 28.1 Å². The number of rotatable bonds is 15. The molecule has 0 bridgehead atoms. The van der Waals surface area contributed by atoms with Gasteiger partial charge < -0.3 is 28.5 Å². The number of carbonyl (C=O) groups is 4. The topological polar surface area (TPSA) is 171 Å². The molecule has 0 fully saturated rings. The molecule has 0 amide bonds. The summed E-state index contributed by atoms with van der Waals surface area (Å²) in [6, 6.07) is 19.3. The molecule has 4 atom stereocenters. The lowest BCUT2D eigenvalue weighted by atomic mass is 9.75. The normalized spacial score (nSPS) is 15.3. The van der Waals surface area contributed by atoms with Crippen LogP contribution in [0.2, 0.25) is 36.3 Å². The smallest absolute Gasteiger partial charge is 0.316 e. The van der Waals surface area contributed by atoms with E-state index in [1.165, 1.54) is 19.9 Å².